The van der Waals surface area contributed by atoms with Gasteiger partial charge >= 0.3 is 0 Å². The average Bonchev–Trinajstić information content (AvgIpc) is 2.02. The van der Waals surface area contributed by atoms with Crippen molar-refractivity contribution in [3.63, 3.8) is 0 Å². The zero-order valence-corrected chi connectivity index (χ0v) is 8.80. The highest BCUT2D eigenvalue weighted by molar-refractivity contribution is 9.10. The summed E-state index contributed by atoms with van der Waals surface area (Å²) in [6.45, 7) is 0. The van der Waals surface area contributed by atoms with Crippen molar-refractivity contribution in [3.05, 3.63) is 28.2 Å². The molecule has 6 heteroatoms. The van der Waals surface area contributed by atoms with Crippen molar-refractivity contribution >= 4 is 32.2 Å². The monoisotopic (exact) mass is 263 g/mol. The van der Waals surface area contributed by atoms with E-state index in [2.05, 4.69) is 15.9 Å². The Kier molecular flexibility index (Phi) is 2.84. The first kappa shape index (κ1) is 10.4. The number of rotatable bonds is 2. The molecule has 70 valence electrons. The van der Waals surface area contributed by atoms with Gasteiger partial charge in [0.25, 0.3) is 0 Å². The van der Waals surface area contributed by atoms with E-state index in [-0.39, 0.29) is 14.9 Å². The van der Waals surface area contributed by atoms with Crippen LogP contribution in [0.25, 0.3) is 0 Å². The number of halogens is 1. The van der Waals surface area contributed by atoms with Crippen LogP contribution in [0.3, 0.4) is 0 Å². The van der Waals surface area contributed by atoms with Crippen LogP contribution in [0.1, 0.15) is 10.4 Å². The number of aldehydes is 1. The summed E-state index contributed by atoms with van der Waals surface area (Å²) in [6.07, 6.45) is 0.554. The van der Waals surface area contributed by atoms with Gasteiger partial charge in [0.15, 0.2) is 6.29 Å². The van der Waals surface area contributed by atoms with Crippen LogP contribution in [0.5, 0.6) is 0 Å². The van der Waals surface area contributed by atoms with Crippen molar-refractivity contribution in [3.8, 4) is 0 Å². The van der Waals surface area contributed by atoms with Crippen molar-refractivity contribution in [1.29, 1.82) is 0 Å². The zero-order chi connectivity index (χ0) is 10.1. The number of carbonyl (C=O) groups is 1. The van der Waals surface area contributed by atoms with Gasteiger partial charge < -0.3 is 0 Å². The topological polar surface area (TPSA) is 77.2 Å². The van der Waals surface area contributed by atoms with Gasteiger partial charge in [-0.1, -0.05) is 12.1 Å². The van der Waals surface area contributed by atoms with Crippen LogP contribution in [-0.4, -0.2) is 14.7 Å². The van der Waals surface area contributed by atoms with Crippen molar-refractivity contribution in [1.82, 2.24) is 0 Å². The minimum absolute atomic E-state index is 0.0860. The van der Waals surface area contributed by atoms with E-state index in [9.17, 15) is 13.2 Å². The summed E-state index contributed by atoms with van der Waals surface area (Å²) in [5, 5.41) is 4.91. The molecular weight excluding hydrogens is 258 g/mol. The Morgan fingerprint density at radius 3 is 2.46 bits per heavy atom. The van der Waals surface area contributed by atoms with Gasteiger partial charge in [0.05, 0.1) is 4.90 Å². The molecule has 4 nitrogen and oxygen atoms in total. The Labute approximate surface area is 83.9 Å². The normalized spacial score (nSPS) is 11.2. The first-order valence-corrected chi connectivity index (χ1v) is 5.57. The van der Waals surface area contributed by atoms with Crippen LogP contribution in [0.2, 0.25) is 0 Å². The molecule has 0 heterocycles. The smallest absolute Gasteiger partial charge is 0.239 e. The van der Waals surface area contributed by atoms with Crippen LogP contribution in [0.4, 0.5) is 0 Å². The molecule has 1 rings (SSSR count). The maximum atomic E-state index is 11.0. The molecule has 13 heavy (non-hydrogen) atoms. The van der Waals surface area contributed by atoms with E-state index in [0.717, 1.165) is 0 Å². The molecule has 0 radical (unpaired) electrons. The molecule has 1 aromatic rings. The third kappa shape index (κ3) is 2.15. The number of benzene rings is 1. The van der Waals surface area contributed by atoms with Gasteiger partial charge in [-0.15, -0.1) is 0 Å². The van der Waals surface area contributed by atoms with Crippen molar-refractivity contribution in [2.24, 2.45) is 5.14 Å². The lowest BCUT2D eigenvalue weighted by molar-refractivity contribution is 0.112. The minimum Gasteiger partial charge on any atom is -0.298 e. The summed E-state index contributed by atoms with van der Waals surface area (Å²) in [4.78, 5) is 10.4. The Morgan fingerprint density at radius 2 is 2.00 bits per heavy atom. The molecule has 0 fully saturated rings. The van der Waals surface area contributed by atoms with Gasteiger partial charge in [0.1, 0.15) is 0 Å². The fraction of sp³-hybridized carbons (Fsp3) is 0. The first-order valence-electron chi connectivity index (χ1n) is 3.23. The zero-order valence-electron chi connectivity index (χ0n) is 6.40. The van der Waals surface area contributed by atoms with Crippen LogP contribution in [-0.2, 0) is 10.0 Å². The van der Waals surface area contributed by atoms with E-state index in [1.165, 1.54) is 18.2 Å². The lowest BCUT2D eigenvalue weighted by Gasteiger charge is -2.02. The molecule has 0 aliphatic rings. The molecule has 1 aromatic carbocycles. The van der Waals surface area contributed by atoms with Gasteiger partial charge in [-0.3, -0.25) is 4.79 Å². The van der Waals surface area contributed by atoms with Gasteiger partial charge in [-0.25, -0.2) is 13.6 Å². The average molecular weight is 264 g/mol. The maximum absolute atomic E-state index is 11.0. The summed E-state index contributed by atoms with van der Waals surface area (Å²) >= 11 is 2.99. The highest BCUT2D eigenvalue weighted by atomic mass is 79.9. The summed E-state index contributed by atoms with van der Waals surface area (Å²) < 4.78 is 22.1. The lowest BCUT2D eigenvalue weighted by Crippen LogP contribution is -2.13. The predicted molar refractivity (Wildman–Crippen MR) is 50.9 cm³/mol. The molecule has 0 spiro atoms. The summed E-state index contributed by atoms with van der Waals surface area (Å²) in [7, 11) is -3.77. The van der Waals surface area contributed by atoms with Crippen molar-refractivity contribution in [2.75, 3.05) is 0 Å². The molecule has 0 saturated heterocycles. The van der Waals surface area contributed by atoms with E-state index >= 15 is 0 Å². The van der Waals surface area contributed by atoms with E-state index in [1.807, 2.05) is 0 Å². The predicted octanol–water partition coefficient (Wildman–Crippen LogP) is 0.909. The number of carbonyl (C=O) groups excluding carboxylic acids is 1. The van der Waals surface area contributed by atoms with E-state index < -0.39 is 10.0 Å². The molecule has 0 aromatic heterocycles. The summed E-state index contributed by atoms with van der Waals surface area (Å²) in [5.41, 5.74) is 0.256. The molecule has 0 aliphatic carbocycles. The second-order valence-electron chi connectivity index (χ2n) is 2.32. The Balaban J connectivity index is 3.50. The van der Waals surface area contributed by atoms with Gasteiger partial charge in [-0.2, -0.15) is 0 Å². The summed E-state index contributed by atoms with van der Waals surface area (Å²) in [5.74, 6) is 0. The van der Waals surface area contributed by atoms with Gasteiger partial charge in [0, 0.05) is 10.0 Å². The number of nitrogens with two attached hydrogens (primary N) is 1. The summed E-state index contributed by atoms with van der Waals surface area (Å²) in [6, 6.07) is 4.27. The standard InChI is InChI=1S/C7H6BrNO3S/c8-7-5(4-10)2-1-3-6(7)13(9,11)12/h1-4H,(H2,9,11,12). The van der Waals surface area contributed by atoms with E-state index in [4.69, 9.17) is 5.14 Å². The van der Waals surface area contributed by atoms with Crippen LogP contribution < -0.4 is 5.14 Å². The molecule has 2 N–H and O–H groups in total. The van der Waals surface area contributed by atoms with Crippen LogP contribution in [0, 0.1) is 0 Å². The van der Waals surface area contributed by atoms with Crippen LogP contribution >= 0.6 is 15.9 Å². The van der Waals surface area contributed by atoms with Crippen molar-refractivity contribution in [2.45, 2.75) is 4.90 Å². The van der Waals surface area contributed by atoms with Crippen molar-refractivity contribution < 1.29 is 13.2 Å². The third-order valence-electron chi connectivity index (χ3n) is 1.43. The molecular formula is C7H6BrNO3S. The van der Waals surface area contributed by atoms with Gasteiger partial charge in [0.2, 0.25) is 10.0 Å². The SMILES string of the molecule is NS(=O)(=O)c1cccc(C=O)c1Br. The number of sulfonamides is 1. The third-order valence-corrected chi connectivity index (χ3v) is 3.53. The Morgan fingerprint density at radius 1 is 1.38 bits per heavy atom. The van der Waals surface area contributed by atoms with E-state index in [1.54, 1.807) is 0 Å². The number of primary sulfonamides is 1. The second-order valence-corrected chi connectivity index (χ2v) is 4.65. The Bertz CT molecular complexity index is 441. The molecule has 0 amide bonds. The first-order chi connectivity index (χ1) is 5.96. The van der Waals surface area contributed by atoms with Crippen LogP contribution in [0.15, 0.2) is 27.6 Å². The minimum atomic E-state index is -3.77. The number of hydrogen-bond donors (Lipinski definition) is 1. The van der Waals surface area contributed by atoms with Gasteiger partial charge in [-0.05, 0) is 22.0 Å². The maximum Gasteiger partial charge on any atom is 0.239 e. The highest BCUT2D eigenvalue weighted by Crippen LogP contribution is 2.23. The fourth-order valence-corrected chi connectivity index (χ4v) is 2.51. The Hall–Kier alpha value is -0.720. The molecule has 0 unspecified atom stereocenters. The number of hydrogen-bond acceptors (Lipinski definition) is 3. The lowest BCUT2D eigenvalue weighted by atomic mass is 10.2. The molecule has 0 aliphatic heterocycles. The fourth-order valence-electron chi connectivity index (χ4n) is 0.839. The molecule has 0 atom stereocenters. The molecule has 0 saturated carbocycles. The quantitative estimate of drug-likeness (QED) is 0.806. The largest absolute Gasteiger partial charge is 0.298 e. The molecule has 0 bridgehead atoms. The highest BCUT2D eigenvalue weighted by Gasteiger charge is 2.14. The van der Waals surface area contributed by atoms with E-state index in [0.29, 0.717) is 6.29 Å². The second kappa shape index (κ2) is 3.57.